The number of carboxylic acids is 1. The predicted octanol–water partition coefficient (Wildman–Crippen LogP) is 1.93. The van der Waals surface area contributed by atoms with Gasteiger partial charge in [-0.3, -0.25) is 4.79 Å². The summed E-state index contributed by atoms with van der Waals surface area (Å²) < 4.78 is 5.38. The fourth-order valence-corrected chi connectivity index (χ4v) is 2.74. The van der Waals surface area contributed by atoms with Crippen LogP contribution in [0.2, 0.25) is 5.82 Å². The normalized spacial score (nSPS) is 17.0. The van der Waals surface area contributed by atoms with E-state index in [2.05, 4.69) is 9.99 Å². The molecule has 1 atom stereocenters. The molecule has 0 amide bonds. The molecule has 0 radical (unpaired) electrons. The van der Waals surface area contributed by atoms with Gasteiger partial charge in [0.1, 0.15) is 18.6 Å². The van der Waals surface area contributed by atoms with Gasteiger partial charge in [-0.25, -0.2) is 4.79 Å². The van der Waals surface area contributed by atoms with Crippen LogP contribution in [-0.4, -0.2) is 41.8 Å². The van der Waals surface area contributed by atoms with E-state index < -0.39 is 18.9 Å². The maximum Gasteiger partial charge on any atom is 0.526 e. The number of ketones is 1. The maximum atomic E-state index is 12.1. The Hall–Kier alpha value is -2.35. The molecule has 1 aliphatic rings. The smallest absolute Gasteiger partial charge is 0.526 e. The summed E-state index contributed by atoms with van der Waals surface area (Å²) in [5.41, 5.74) is 1.43. The number of aromatic carboxylic acids is 1. The van der Waals surface area contributed by atoms with Crippen LogP contribution in [0.15, 0.2) is 23.4 Å². The Morgan fingerprint density at radius 3 is 2.83 bits per heavy atom. The number of carbonyl (C=O) groups is 2. The summed E-state index contributed by atoms with van der Waals surface area (Å²) in [5, 5.41) is 23.0. The first-order valence-electron chi connectivity index (χ1n) is 7.70. The average molecular weight is 333 g/mol. The van der Waals surface area contributed by atoms with Crippen LogP contribution in [0.25, 0.3) is 0 Å². The highest BCUT2D eigenvalue weighted by atomic mass is 16.6. The van der Waals surface area contributed by atoms with Crippen molar-refractivity contribution in [2.75, 3.05) is 7.11 Å². The number of oxime groups is 1. The van der Waals surface area contributed by atoms with Crippen LogP contribution in [-0.2, 0) is 16.1 Å². The van der Waals surface area contributed by atoms with E-state index >= 15 is 0 Å². The molecule has 0 fully saturated rings. The zero-order chi connectivity index (χ0) is 17.7. The maximum absolute atomic E-state index is 12.1. The third-order valence-corrected chi connectivity index (χ3v) is 3.95. The first kappa shape index (κ1) is 18.0. The minimum absolute atomic E-state index is 0.00820. The summed E-state index contributed by atoms with van der Waals surface area (Å²) in [7, 11) is 0.250. The van der Waals surface area contributed by atoms with Gasteiger partial charge in [0.2, 0.25) is 0 Å². The van der Waals surface area contributed by atoms with Crippen molar-refractivity contribution in [3.05, 3.63) is 29.3 Å². The van der Waals surface area contributed by atoms with Gasteiger partial charge in [-0.05, 0) is 31.4 Å². The van der Waals surface area contributed by atoms with Crippen LogP contribution in [0.3, 0.4) is 0 Å². The third kappa shape index (κ3) is 4.35. The van der Waals surface area contributed by atoms with E-state index in [-0.39, 0.29) is 23.5 Å². The second-order valence-electron chi connectivity index (χ2n) is 5.82. The molecular formula is C16H20BNO6. The van der Waals surface area contributed by atoms with Crippen molar-refractivity contribution in [2.45, 2.75) is 38.4 Å². The first-order valence-corrected chi connectivity index (χ1v) is 7.70. The number of Topliss-reactive ketones (excluding diaryl/α,β-unsaturated/α-hetero) is 1. The summed E-state index contributed by atoms with van der Waals surface area (Å²) >= 11 is 0. The number of hydrogen-bond acceptors (Lipinski definition) is 6. The average Bonchev–Trinajstić information content (AvgIpc) is 2.53. The van der Waals surface area contributed by atoms with Crippen molar-refractivity contribution < 1.29 is 29.2 Å². The topological polar surface area (TPSA) is 105 Å². The molecule has 7 nitrogen and oxygen atoms in total. The van der Waals surface area contributed by atoms with Crippen LogP contribution in [0.5, 0.6) is 5.75 Å². The van der Waals surface area contributed by atoms with Gasteiger partial charge in [0.05, 0.1) is 11.3 Å². The number of fused-ring (bicyclic) bond motifs is 1. The van der Waals surface area contributed by atoms with Crippen molar-refractivity contribution in [2.24, 2.45) is 5.16 Å². The minimum Gasteiger partial charge on any atom is -0.535 e. The molecule has 0 aliphatic carbocycles. The quantitative estimate of drug-likeness (QED) is 0.449. The van der Waals surface area contributed by atoms with Crippen molar-refractivity contribution in [1.29, 1.82) is 0 Å². The molecule has 1 aromatic carbocycles. The van der Waals surface area contributed by atoms with E-state index in [9.17, 15) is 14.6 Å². The standard InChI is InChI=1S/C16H20BNO6/c1-10(18-23-2)6-7-13(19)9-12-8-11-4-3-5-14(16(20)21)15(11)24-17(12)22/h3-5,12,22H,6-9H2,1-2H3,(H,20,21)/t12-/m1/s1. The molecule has 24 heavy (non-hydrogen) atoms. The van der Waals surface area contributed by atoms with Crippen LogP contribution in [0.1, 0.15) is 42.1 Å². The van der Waals surface area contributed by atoms with Crippen molar-refractivity contribution in [3.63, 3.8) is 0 Å². The fraction of sp³-hybridized carbons (Fsp3) is 0.438. The lowest BCUT2D eigenvalue weighted by atomic mass is 9.64. The van der Waals surface area contributed by atoms with Crippen LogP contribution in [0.4, 0.5) is 0 Å². The van der Waals surface area contributed by atoms with E-state index in [0.717, 1.165) is 5.71 Å². The summed E-state index contributed by atoms with van der Waals surface area (Å²) in [6.07, 6.45) is 1.37. The molecule has 0 saturated carbocycles. The molecule has 0 spiro atoms. The lowest BCUT2D eigenvalue weighted by Crippen LogP contribution is -2.35. The molecule has 1 heterocycles. The molecule has 8 heteroatoms. The molecule has 2 rings (SSSR count). The van der Waals surface area contributed by atoms with Crippen LogP contribution in [0, 0.1) is 0 Å². The zero-order valence-corrected chi connectivity index (χ0v) is 13.7. The van der Waals surface area contributed by atoms with Gasteiger partial charge in [-0.2, -0.15) is 0 Å². The van der Waals surface area contributed by atoms with E-state index in [1.807, 2.05) is 0 Å². The third-order valence-electron chi connectivity index (χ3n) is 3.95. The Balaban J connectivity index is 2.01. The van der Waals surface area contributed by atoms with E-state index in [0.29, 0.717) is 24.8 Å². The Labute approximate surface area is 140 Å². The van der Waals surface area contributed by atoms with Crippen LogP contribution < -0.4 is 4.65 Å². The van der Waals surface area contributed by atoms with Crippen molar-refractivity contribution >= 4 is 24.6 Å². The second kappa shape index (κ2) is 7.96. The molecule has 0 saturated heterocycles. The molecule has 0 unspecified atom stereocenters. The summed E-state index contributed by atoms with van der Waals surface area (Å²) in [5.74, 6) is -1.33. The number of rotatable bonds is 7. The highest BCUT2D eigenvalue weighted by Gasteiger charge is 2.37. The monoisotopic (exact) mass is 333 g/mol. The number of benzene rings is 1. The highest BCUT2D eigenvalue weighted by Crippen LogP contribution is 2.36. The lowest BCUT2D eigenvalue weighted by Gasteiger charge is -2.28. The number of para-hydroxylation sites is 1. The van der Waals surface area contributed by atoms with Gasteiger partial charge in [0.15, 0.2) is 0 Å². The molecule has 1 aliphatic heterocycles. The molecular weight excluding hydrogens is 313 g/mol. The molecule has 128 valence electrons. The first-order chi connectivity index (χ1) is 11.4. The number of carboxylic acid groups (broad SMARTS) is 1. The number of nitrogens with zero attached hydrogens (tertiary/aromatic N) is 1. The number of hydrogen-bond donors (Lipinski definition) is 2. The fourth-order valence-electron chi connectivity index (χ4n) is 2.74. The highest BCUT2D eigenvalue weighted by molar-refractivity contribution is 6.47. The van der Waals surface area contributed by atoms with E-state index in [1.165, 1.54) is 13.2 Å². The molecule has 2 N–H and O–H groups in total. The summed E-state index contributed by atoms with van der Waals surface area (Å²) in [6, 6.07) is 4.81. The van der Waals surface area contributed by atoms with Gasteiger partial charge in [0, 0.05) is 18.7 Å². The predicted molar refractivity (Wildman–Crippen MR) is 88.4 cm³/mol. The number of carbonyl (C=O) groups excluding carboxylic acids is 1. The largest absolute Gasteiger partial charge is 0.535 e. The second-order valence-corrected chi connectivity index (χ2v) is 5.82. The van der Waals surface area contributed by atoms with Gasteiger partial charge >= 0.3 is 13.1 Å². The van der Waals surface area contributed by atoms with Gasteiger partial charge in [-0.15, -0.1) is 0 Å². The van der Waals surface area contributed by atoms with Gasteiger partial charge < -0.3 is 19.6 Å². The molecule has 1 aromatic rings. The van der Waals surface area contributed by atoms with Gasteiger partial charge in [-0.1, -0.05) is 17.3 Å². The molecule has 0 bridgehead atoms. The SMILES string of the molecule is CON=C(C)CCC(=O)C[C@H]1Cc2cccc(C(=O)O)c2OB1O. The minimum atomic E-state index is -1.20. The Morgan fingerprint density at radius 1 is 1.42 bits per heavy atom. The van der Waals surface area contributed by atoms with E-state index in [4.69, 9.17) is 9.76 Å². The van der Waals surface area contributed by atoms with Crippen molar-refractivity contribution in [1.82, 2.24) is 0 Å². The lowest BCUT2D eigenvalue weighted by molar-refractivity contribution is -0.119. The molecule has 0 aromatic heterocycles. The van der Waals surface area contributed by atoms with Crippen LogP contribution >= 0.6 is 0 Å². The Morgan fingerprint density at radius 2 is 2.17 bits per heavy atom. The Kier molecular flexibility index (Phi) is 5.97. The Bertz CT molecular complexity index is 660. The van der Waals surface area contributed by atoms with E-state index in [1.54, 1.807) is 19.1 Å². The summed E-state index contributed by atoms with van der Waals surface area (Å²) in [6.45, 7) is 1.78. The summed E-state index contributed by atoms with van der Waals surface area (Å²) in [4.78, 5) is 27.9. The van der Waals surface area contributed by atoms with Crippen molar-refractivity contribution in [3.8, 4) is 5.75 Å². The van der Waals surface area contributed by atoms with Gasteiger partial charge in [0.25, 0.3) is 0 Å². The zero-order valence-electron chi connectivity index (χ0n) is 13.7.